The molecule has 1 atom stereocenters. The summed E-state index contributed by atoms with van der Waals surface area (Å²) >= 11 is 1.78. The molecule has 0 saturated carbocycles. The average Bonchev–Trinajstić information content (AvgIpc) is 3.44. The molecule has 31 heavy (non-hydrogen) atoms. The number of thiophene rings is 1. The van der Waals surface area contributed by atoms with E-state index in [1.807, 2.05) is 18.1 Å². The molecule has 2 saturated heterocycles. The standard InChI is InChI=1S/C20H29N7O2S.HI/c1-21-20(26-5-6-27(19(28)15-26)16-12-23-24(2)14-16)22-13-17(18-4-3-11-30-18)25-7-9-29-10-8-25;/h3-4,11-12,14,17H,5-10,13,15H2,1-2H3,(H,21,22);1H. The maximum atomic E-state index is 12.8. The summed E-state index contributed by atoms with van der Waals surface area (Å²) in [5.41, 5.74) is 0.843. The Balaban J connectivity index is 0.00000272. The Morgan fingerprint density at radius 3 is 2.74 bits per heavy atom. The van der Waals surface area contributed by atoms with E-state index in [1.54, 1.807) is 34.2 Å². The molecule has 170 valence electrons. The number of anilines is 1. The second-order valence-corrected chi connectivity index (χ2v) is 8.43. The minimum absolute atomic E-state index is 0. The van der Waals surface area contributed by atoms with E-state index in [2.05, 4.69) is 37.8 Å². The minimum Gasteiger partial charge on any atom is -0.379 e. The lowest BCUT2D eigenvalue weighted by Crippen LogP contribution is -2.56. The zero-order valence-electron chi connectivity index (χ0n) is 17.9. The Kier molecular flexibility index (Phi) is 8.69. The van der Waals surface area contributed by atoms with E-state index in [0.29, 0.717) is 13.1 Å². The van der Waals surface area contributed by atoms with Crippen LogP contribution < -0.4 is 10.2 Å². The molecule has 2 fully saturated rings. The maximum absolute atomic E-state index is 12.8. The lowest BCUT2D eigenvalue weighted by molar-refractivity contribution is -0.120. The molecule has 2 aliphatic heterocycles. The molecule has 0 spiro atoms. The van der Waals surface area contributed by atoms with E-state index in [0.717, 1.165) is 51.0 Å². The number of carbonyl (C=O) groups is 1. The van der Waals surface area contributed by atoms with E-state index in [1.165, 1.54) is 4.88 Å². The van der Waals surface area contributed by atoms with Crippen LogP contribution in [0.25, 0.3) is 0 Å². The van der Waals surface area contributed by atoms with Crippen LogP contribution in [0.4, 0.5) is 5.69 Å². The van der Waals surface area contributed by atoms with Crippen LogP contribution in [0.15, 0.2) is 34.9 Å². The number of hydrogen-bond acceptors (Lipinski definition) is 6. The smallest absolute Gasteiger partial charge is 0.246 e. The van der Waals surface area contributed by atoms with Crippen LogP contribution in [-0.2, 0) is 16.6 Å². The highest BCUT2D eigenvalue weighted by Gasteiger charge is 2.29. The van der Waals surface area contributed by atoms with E-state index in [-0.39, 0.29) is 35.9 Å². The summed E-state index contributed by atoms with van der Waals surface area (Å²) in [5.74, 6) is 0.823. The Morgan fingerprint density at radius 2 is 2.13 bits per heavy atom. The van der Waals surface area contributed by atoms with Crippen molar-refractivity contribution in [3.05, 3.63) is 34.8 Å². The van der Waals surface area contributed by atoms with Crippen molar-refractivity contribution in [2.75, 3.05) is 64.4 Å². The third-order valence-corrected chi connectivity index (χ3v) is 6.52. The Hall–Kier alpha value is -1.70. The van der Waals surface area contributed by atoms with Gasteiger partial charge in [0, 0.05) is 57.9 Å². The largest absolute Gasteiger partial charge is 0.379 e. The number of carbonyl (C=O) groups excluding carboxylic acids is 1. The van der Waals surface area contributed by atoms with Gasteiger partial charge in [-0.25, -0.2) is 0 Å². The minimum atomic E-state index is 0. The first-order chi connectivity index (χ1) is 14.7. The summed E-state index contributed by atoms with van der Waals surface area (Å²) in [7, 11) is 3.63. The molecule has 1 N–H and O–H groups in total. The molecule has 9 nitrogen and oxygen atoms in total. The molecule has 2 aromatic heterocycles. The first-order valence-corrected chi connectivity index (χ1v) is 11.1. The van der Waals surface area contributed by atoms with Crippen LogP contribution in [0.5, 0.6) is 0 Å². The van der Waals surface area contributed by atoms with Crippen LogP contribution in [0, 0.1) is 0 Å². The van der Waals surface area contributed by atoms with Crippen molar-refractivity contribution in [3.8, 4) is 0 Å². The van der Waals surface area contributed by atoms with Crippen molar-refractivity contribution in [2.45, 2.75) is 6.04 Å². The van der Waals surface area contributed by atoms with Gasteiger partial charge in [-0.05, 0) is 11.4 Å². The molecule has 1 unspecified atom stereocenters. The Labute approximate surface area is 204 Å². The van der Waals surface area contributed by atoms with Crippen molar-refractivity contribution in [1.29, 1.82) is 0 Å². The number of amides is 1. The molecule has 2 aromatic rings. The summed E-state index contributed by atoms with van der Waals surface area (Å²) in [6, 6.07) is 4.54. The summed E-state index contributed by atoms with van der Waals surface area (Å²) in [5, 5.41) is 9.81. The number of aromatic nitrogens is 2. The van der Waals surface area contributed by atoms with Crippen LogP contribution in [0.3, 0.4) is 0 Å². The van der Waals surface area contributed by atoms with Crippen LogP contribution >= 0.6 is 35.3 Å². The van der Waals surface area contributed by atoms with Crippen molar-refractivity contribution < 1.29 is 9.53 Å². The van der Waals surface area contributed by atoms with Gasteiger partial charge in [0.1, 0.15) is 6.54 Å². The molecule has 0 aromatic carbocycles. The van der Waals surface area contributed by atoms with Crippen LogP contribution in [0.2, 0.25) is 0 Å². The lowest BCUT2D eigenvalue weighted by atomic mass is 10.2. The van der Waals surface area contributed by atoms with Gasteiger partial charge < -0.3 is 19.9 Å². The highest BCUT2D eigenvalue weighted by atomic mass is 127. The third kappa shape index (κ3) is 5.76. The molecule has 0 radical (unpaired) electrons. The Morgan fingerprint density at radius 1 is 1.32 bits per heavy atom. The number of morpholine rings is 1. The van der Waals surface area contributed by atoms with Crippen molar-refractivity contribution in [1.82, 2.24) is 24.9 Å². The first kappa shape index (κ1) is 24.0. The number of rotatable bonds is 5. The van der Waals surface area contributed by atoms with Crippen molar-refractivity contribution in [2.24, 2.45) is 12.0 Å². The number of ether oxygens (including phenoxy) is 1. The van der Waals surface area contributed by atoms with E-state index in [9.17, 15) is 4.79 Å². The molecular weight excluding hydrogens is 529 g/mol. The second-order valence-electron chi connectivity index (χ2n) is 7.45. The van der Waals surface area contributed by atoms with Gasteiger partial charge in [0.15, 0.2) is 5.96 Å². The van der Waals surface area contributed by atoms with E-state index >= 15 is 0 Å². The average molecular weight is 559 g/mol. The molecule has 11 heteroatoms. The van der Waals surface area contributed by atoms with Crippen LogP contribution in [-0.4, -0.2) is 91.0 Å². The molecular formula is C20H30IN7O2S. The first-order valence-electron chi connectivity index (χ1n) is 10.3. The van der Waals surface area contributed by atoms with Gasteiger partial charge in [-0.1, -0.05) is 6.07 Å². The van der Waals surface area contributed by atoms with Gasteiger partial charge in [0.25, 0.3) is 0 Å². The number of nitrogens with zero attached hydrogens (tertiary/aromatic N) is 6. The van der Waals surface area contributed by atoms with Gasteiger partial charge in [0.05, 0.1) is 31.1 Å². The zero-order valence-corrected chi connectivity index (χ0v) is 21.1. The highest BCUT2D eigenvalue weighted by molar-refractivity contribution is 14.0. The fourth-order valence-electron chi connectivity index (χ4n) is 3.97. The van der Waals surface area contributed by atoms with Gasteiger partial charge in [0.2, 0.25) is 5.91 Å². The summed E-state index contributed by atoms with van der Waals surface area (Å²) in [6.07, 6.45) is 3.60. The molecule has 2 aliphatic rings. The lowest BCUT2D eigenvalue weighted by Gasteiger charge is -2.37. The number of aryl methyl sites for hydroxylation is 1. The SMILES string of the molecule is CN=C(NCC(c1cccs1)N1CCOCC1)N1CCN(c2cnn(C)c2)C(=O)C1.I. The monoisotopic (exact) mass is 559 g/mol. The molecule has 0 bridgehead atoms. The number of aliphatic imine (C=N–C) groups is 1. The van der Waals surface area contributed by atoms with Gasteiger partial charge in [-0.15, -0.1) is 35.3 Å². The van der Waals surface area contributed by atoms with E-state index in [4.69, 9.17) is 4.74 Å². The van der Waals surface area contributed by atoms with Crippen molar-refractivity contribution >= 4 is 52.9 Å². The summed E-state index contributed by atoms with van der Waals surface area (Å²) in [6.45, 7) is 5.75. The fourth-order valence-corrected chi connectivity index (χ4v) is 4.84. The number of piperazine rings is 1. The van der Waals surface area contributed by atoms with Gasteiger partial charge in [-0.2, -0.15) is 5.10 Å². The van der Waals surface area contributed by atoms with Gasteiger partial charge in [-0.3, -0.25) is 19.4 Å². The number of guanidine groups is 1. The topological polar surface area (TPSA) is 78.2 Å². The molecule has 1 amide bonds. The normalized spacial score (nSPS) is 19.3. The summed E-state index contributed by atoms with van der Waals surface area (Å²) < 4.78 is 7.24. The van der Waals surface area contributed by atoms with Gasteiger partial charge >= 0.3 is 0 Å². The highest BCUT2D eigenvalue weighted by Crippen LogP contribution is 2.25. The van der Waals surface area contributed by atoms with Crippen molar-refractivity contribution in [3.63, 3.8) is 0 Å². The predicted molar refractivity (Wildman–Crippen MR) is 133 cm³/mol. The molecule has 0 aliphatic carbocycles. The maximum Gasteiger partial charge on any atom is 0.246 e. The number of halogens is 1. The zero-order chi connectivity index (χ0) is 20.9. The second kappa shape index (κ2) is 11.2. The fraction of sp³-hybridized carbons (Fsp3) is 0.550. The van der Waals surface area contributed by atoms with Crippen LogP contribution in [0.1, 0.15) is 10.9 Å². The number of nitrogens with one attached hydrogen (secondary N) is 1. The summed E-state index contributed by atoms with van der Waals surface area (Å²) in [4.78, 5) is 24.8. The molecule has 4 heterocycles. The van der Waals surface area contributed by atoms with E-state index < -0.39 is 0 Å². The Bertz CT molecular complexity index is 867. The predicted octanol–water partition coefficient (Wildman–Crippen LogP) is 1.40. The number of hydrogen-bond donors (Lipinski definition) is 1. The quantitative estimate of drug-likeness (QED) is 0.339. The molecule has 4 rings (SSSR count). The third-order valence-electron chi connectivity index (χ3n) is 5.55.